The molecule has 0 amide bonds. The molecule has 2 N–H and O–H groups in total. The Balaban J connectivity index is 1.71. The molecule has 4 aromatic carbocycles. The molecule has 0 heterocycles. The molecular weight excluding hydrogens is 660 g/mol. The van der Waals surface area contributed by atoms with E-state index in [-0.39, 0.29) is 37.4 Å². The van der Waals surface area contributed by atoms with E-state index in [2.05, 4.69) is 47.9 Å². The Kier molecular flexibility index (Phi) is 15.5. The van der Waals surface area contributed by atoms with Gasteiger partial charge in [-0.05, 0) is 37.8 Å². The zero-order chi connectivity index (χ0) is 37.6. The highest BCUT2D eigenvalue weighted by molar-refractivity contribution is 5.52. The highest BCUT2D eigenvalue weighted by Gasteiger charge is 2.31. The van der Waals surface area contributed by atoms with Crippen molar-refractivity contribution in [2.45, 2.75) is 63.9 Å². The molecule has 0 aliphatic rings. The zero-order valence-corrected chi connectivity index (χ0v) is 31.9. The fourth-order valence-corrected chi connectivity index (χ4v) is 6.95. The minimum atomic E-state index is -0.290. The lowest BCUT2D eigenvalue weighted by Gasteiger charge is -2.39. The Labute approximate surface area is 309 Å². The first-order valence-electron chi connectivity index (χ1n) is 17.7. The number of hydrogen-bond donors (Lipinski definition) is 2. The van der Waals surface area contributed by atoms with Gasteiger partial charge in [-0.1, -0.05) is 60.7 Å². The lowest BCUT2D eigenvalue weighted by atomic mass is 9.97. The molecule has 0 saturated heterocycles. The molecule has 0 aliphatic carbocycles. The number of rotatable bonds is 21. The van der Waals surface area contributed by atoms with E-state index < -0.39 is 0 Å². The van der Waals surface area contributed by atoms with Crippen LogP contribution in [0.4, 0.5) is 0 Å². The topological polar surface area (TPSA) is 102 Å². The normalized spacial score (nSPS) is 13.7. The summed E-state index contributed by atoms with van der Waals surface area (Å²) in [6.07, 6.45) is 1.57. The fourth-order valence-electron chi connectivity index (χ4n) is 6.95. The second-order valence-corrected chi connectivity index (χ2v) is 12.9. The highest BCUT2D eigenvalue weighted by atomic mass is 16.5. The summed E-state index contributed by atoms with van der Waals surface area (Å²) in [6.45, 7) is 5.16. The second-order valence-electron chi connectivity index (χ2n) is 12.9. The van der Waals surface area contributed by atoms with Crippen LogP contribution in [-0.4, -0.2) is 88.0 Å². The molecule has 10 heteroatoms. The van der Waals surface area contributed by atoms with Crippen LogP contribution in [0.5, 0.6) is 34.5 Å². The Morgan fingerprint density at radius 3 is 1.04 bits per heavy atom. The molecule has 282 valence electrons. The van der Waals surface area contributed by atoms with Crippen molar-refractivity contribution in [2.24, 2.45) is 0 Å². The van der Waals surface area contributed by atoms with Crippen LogP contribution < -0.4 is 28.4 Å². The van der Waals surface area contributed by atoms with Gasteiger partial charge in [0, 0.05) is 49.4 Å². The molecular formula is C42H56N2O8. The number of benzene rings is 4. The average molecular weight is 717 g/mol. The highest BCUT2D eigenvalue weighted by Crippen LogP contribution is 2.40. The van der Waals surface area contributed by atoms with Crippen LogP contribution in [0.2, 0.25) is 0 Å². The number of hydrogen-bond acceptors (Lipinski definition) is 10. The van der Waals surface area contributed by atoms with Crippen molar-refractivity contribution in [1.29, 1.82) is 0 Å². The number of methoxy groups -OCH3 is 6. The summed E-state index contributed by atoms with van der Waals surface area (Å²) in [6, 6.07) is 27.0. The van der Waals surface area contributed by atoms with Crippen molar-refractivity contribution in [3.05, 3.63) is 107 Å². The van der Waals surface area contributed by atoms with Gasteiger partial charge in [-0.15, -0.1) is 0 Å². The van der Waals surface area contributed by atoms with E-state index in [0.29, 0.717) is 47.6 Å². The number of aliphatic hydroxyl groups is 2. The Morgan fingerprint density at radius 2 is 0.788 bits per heavy atom. The van der Waals surface area contributed by atoms with Gasteiger partial charge in [-0.25, -0.2) is 0 Å². The third-order valence-corrected chi connectivity index (χ3v) is 9.97. The molecule has 1 unspecified atom stereocenters. The molecule has 10 nitrogen and oxygen atoms in total. The molecule has 0 saturated carbocycles. The third-order valence-electron chi connectivity index (χ3n) is 9.97. The minimum Gasteiger partial charge on any atom is -0.496 e. The molecule has 0 radical (unpaired) electrons. The Bertz CT molecular complexity index is 1480. The van der Waals surface area contributed by atoms with Crippen molar-refractivity contribution < 1.29 is 38.6 Å². The van der Waals surface area contributed by atoms with Gasteiger partial charge in [0.2, 0.25) is 0 Å². The van der Waals surface area contributed by atoms with Gasteiger partial charge < -0.3 is 38.6 Å². The summed E-state index contributed by atoms with van der Waals surface area (Å²) in [4.78, 5) is 4.63. The van der Waals surface area contributed by atoms with Crippen LogP contribution in [-0.2, 0) is 13.1 Å². The molecule has 4 atom stereocenters. The summed E-state index contributed by atoms with van der Waals surface area (Å²) in [5, 5.41) is 21.8. The molecule has 0 spiro atoms. The maximum atomic E-state index is 10.9. The van der Waals surface area contributed by atoms with Crippen molar-refractivity contribution in [2.75, 3.05) is 55.9 Å². The Morgan fingerprint density at radius 1 is 0.481 bits per heavy atom. The average Bonchev–Trinajstić information content (AvgIpc) is 3.19. The predicted molar refractivity (Wildman–Crippen MR) is 204 cm³/mol. The quantitative estimate of drug-likeness (QED) is 0.0932. The van der Waals surface area contributed by atoms with Gasteiger partial charge in [-0.2, -0.15) is 0 Å². The summed E-state index contributed by atoms with van der Waals surface area (Å²) in [7, 11) is 9.78. The molecule has 52 heavy (non-hydrogen) atoms. The largest absolute Gasteiger partial charge is 0.496 e. The summed E-state index contributed by atoms with van der Waals surface area (Å²) < 4.78 is 34.4. The van der Waals surface area contributed by atoms with Crippen molar-refractivity contribution in [3.63, 3.8) is 0 Å². The minimum absolute atomic E-state index is 0.00697. The van der Waals surface area contributed by atoms with Crippen LogP contribution in [0.3, 0.4) is 0 Å². The second kappa shape index (κ2) is 19.9. The molecule has 0 bridgehead atoms. The predicted octanol–water partition coefficient (Wildman–Crippen LogP) is 7.07. The standard InChI is InChI=1S/C42H56N2O8/c1-29(43(37(27-45)31-15-11-9-12-16-31)25-35-39(49-5)21-33(47-3)22-40(35)50-6)19-20-30(2)44(38(28-46)32-17-13-10-14-18-32)26-36-41(51-7)23-34(48-4)24-42(36)52-8/h9-18,21-24,29-30,37-38,45-46H,19-20,25-28H2,1-8H3/t29-,30?,37-,38-/m0/s1. The molecule has 0 aliphatic heterocycles. The summed E-state index contributed by atoms with van der Waals surface area (Å²) in [5.41, 5.74) is 3.76. The van der Waals surface area contributed by atoms with Crippen molar-refractivity contribution in [3.8, 4) is 34.5 Å². The van der Waals surface area contributed by atoms with E-state index in [1.807, 2.05) is 60.7 Å². The lowest BCUT2D eigenvalue weighted by Crippen LogP contribution is -2.41. The monoisotopic (exact) mass is 716 g/mol. The summed E-state index contributed by atoms with van der Waals surface area (Å²) in [5.74, 6) is 3.86. The molecule has 4 aromatic rings. The van der Waals surface area contributed by atoms with Gasteiger partial charge >= 0.3 is 0 Å². The van der Waals surface area contributed by atoms with Crippen molar-refractivity contribution >= 4 is 0 Å². The maximum absolute atomic E-state index is 10.9. The van der Waals surface area contributed by atoms with Crippen LogP contribution in [0.15, 0.2) is 84.9 Å². The van der Waals surface area contributed by atoms with E-state index in [9.17, 15) is 10.2 Å². The van der Waals surface area contributed by atoms with Crippen molar-refractivity contribution in [1.82, 2.24) is 9.80 Å². The number of aliphatic hydroxyl groups excluding tert-OH is 2. The number of ether oxygens (including phenoxy) is 6. The molecule has 0 aromatic heterocycles. The maximum Gasteiger partial charge on any atom is 0.130 e. The first-order chi connectivity index (χ1) is 25.3. The molecule has 0 fully saturated rings. The third kappa shape index (κ3) is 9.68. The number of nitrogens with zero attached hydrogens (tertiary/aromatic N) is 2. The van der Waals surface area contributed by atoms with Crippen LogP contribution in [0.1, 0.15) is 61.0 Å². The fraction of sp³-hybridized carbons (Fsp3) is 0.429. The zero-order valence-electron chi connectivity index (χ0n) is 31.9. The SMILES string of the molecule is COc1cc(OC)c(CN(C(C)CC[C@H](C)N(Cc2c(OC)cc(OC)cc2OC)[C@@H](CO)c2ccccc2)[C@@H](CO)c2ccccc2)c(OC)c1. The van der Waals surface area contributed by atoms with E-state index in [1.54, 1.807) is 42.7 Å². The van der Waals surface area contributed by atoms with Crippen LogP contribution in [0, 0.1) is 0 Å². The lowest BCUT2D eigenvalue weighted by molar-refractivity contribution is 0.0542. The van der Waals surface area contributed by atoms with Crippen LogP contribution >= 0.6 is 0 Å². The molecule has 4 rings (SSSR count). The van der Waals surface area contributed by atoms with E-state index >= 15 is 0 Å². The van der Waals surface area contributed by atoms with Gasteiger partial charge in [0.15, 0.2) is 0 Å². The van der Waals surface area contributed by atoms with Crippen LogP contribution in [0.25, 0.3) is 0 Å². The first kappa shape index (κ1) is 40.3. The first-order valence-corrected chi connectivity index (χ1v) is 17.7. The Hall–Kier alpha value is -4.48. The smallest absolute Gasteiger partial charge is 0.130 e. The van der Waals surface area contributed by atoms with Gasteiger partial charge in [0.25, 0.3) is 0 Å². The summed E-state index contributed by atoms with van der Waals surface area (Å²) >= 11 is 0. The van der Waals surface area contributed by atoms with Gasteiger partial charge in [0.1, 0.15) is 34.5 Å². The van der Waals surface area contributed by atoms with E-state index in [0.717, 1.165) is 35.1 Å². The van der Waals surface area contributed by atoms with E-state index in [4.69, 9.17) is 28.4 Å². The van der Waals surface area contributed by atoms with Gasteiger partial charge in [-0.3, -0.25) is 9.80 Å². The van der Waals surface area contributed by atoms with E-state index in [1.165, 1.54) is 0 Å². The van der Waals surface area contributed by atoms with Gasteiger partial charge in [0.05, 0.1) is 79.1 Å².